The first kappa shape index (κ1) is 19.0. The van der Waals surface area contributed by atoms with Crippen molar-refractivity contribution in [2.24, 2.45) is 11.8 Å². The van der Waals surface area contributed by atoms with Crippen LogP contribution in [0.2, 0.25) is 0 Å². The van der Waals surface area contributed by atoms with E-state index in [1.807, 2.05) is 6.07 Å². The minimum Gasteiger partial charge on any atom is -0.468 e. The van der Waals surface area contributed by atoms with Crippen LogP contribution in [0.25, 0.3) is 10.9 Å². The van der Waals surface area contributed by atoms with Gasteiger partial charge in [-0.25, -0.2) is 4.39 Å². The number of pyridine rings is 1. The molecule has 1 heterocycles. The Morgan fingerprint density at radius 2 is 1.92 bits per heavy atom. The second-order valence-corrected chi connectivity index (χ2v) is 7.01. The normalized spacial score (nSPS) is 21.2. The molecule has 5 nitrogen and oxygen atoms in total. The van der Waals surface area contributed by atoms with E-state index < -0.39 is 17.9 Å². The van der Waals surface area contributed by atoms with Crippen molar-refractivity contribution in [2.75, 3.05) is 7.11 Å². The molecule has 0 radical (unpaired) electrons. The quantitative estimate of drug-likeness (QED) is 0.378. The molecule has 3 rings (SSSR count). The van der Waals surface area contributed by atoms with Gasteiger partial charge in [-0.1, -0.05) is 0 Å². The highest BCUT2D eigenvalue weighted by Gasteiger charge is 2.39. The zero-order valence-corrected chi connectivity index (χ0v) is 16.4. The lowest BCUT2D eigenvalue weighted by Gasteiger charge is -2.31. The van der Waals surface area contributed by atoms with Crippen molar-refractivity contribution in [2.45, 2.75) is 31.6 Å². The summed E-state index contributed by atoms with van der Waals surface area (Å²) in [5.74, 6) is -2.14. The minimum atomic E-state index is -0.885. The van der Waals surface area contributed by atoms with Crippen LogP contribution >= 0.6 is 23.0 Å². The number of nitrogens with zero attached hydrogens (tertiary/aromatic N) is 1. The number of rotatable bonds is 4. The molecule has 138 valence electrons. The molecule has 1 aromatic heterocycles. The second-order valence-electron chi connectivity index (χ2n) is 6.57. The van der Waals surface area contributed by atoms with Crippen molar-refractivity contribution in [1.82, 2.24) is 4.98 Å². The van der Waals surface area contributed by atoms with Gasteiger partial charge in [-0.2, -0.15) is 0 Å². The van der Waals surface area contributed by atoms with Gasteiger partial charge in [0.05, 0.1) is 12.6 Å². The molecule has 1 unspecified atom stereocenters. The maximum absolute atomic E-state index is 13.7. The van der Waals surface area contributed by atoms with Crippen LogP contribution in [0.15, 0.2) is 30.5 Å². The van der Waals surface area contributed by atoms with E-state index in [-0.39, 0.29) is 17.7 Å². The van der Waals surface area contributed by atoms with Gasteiger partial charge in [0.1, 0.15) is 5.82 Å². The van der Waals surface area contributed by atoms with Crippen LogP contribution in [0.5, 0.6) is 0 Å². The Labute approximate surface area is 165 Å². The molecule has 0 aliphatic heterocycles. The molecule has 1 aliphatic carbocycles. The summed E-state index contributed by atoms with van der Waals surface area (Å²) in [5, 5.41) is 0.826. The number of aromatic nitrogens is 1. The summed E-state index contributed by atoms with van der Waals surface area (Å²) in [4.78, 5) is 28.3. The van der Waals surface area contributed by atoms with Crippen molar-refractivity contribution < 1.29 is 21.8 Å². The fourth-order valence-electron chi connectivity index (χ4n) is 3.92. The Morgan fingerprint density at radius 1 is 1.19 bits per heavy atom. The summed E-state index contributed by atoms with van der Waals surface area (Å²) >= 11 is 1.50. The average Bonchev–Trinajstić information content (AvgIpc) is 2.67. The molecule has 1 saturated carbocycles. The van der Waals surface area contributed by atoms with E-state index in [4.69, 9.17) is 7.80 Å². The number of fused-ring (bicyclic) bond motifs is 1. The van der Waals surface area contributed by atoms with Gasteiger partial charge in [-0.3, -0.25) is 14.6 Å². The van der Waals surface area contributed by atoms with Crippen molar-refractivity contribution in [3.63, 3.8) is 0 Å². The Bertz CT molecular complexity index is 804. The molecular formula is C19H19FINO4. The summed E-state index contributed by atoms with van der Waals surface area (Å²) in [5.41, 5.74) is 1.84. The van der Waals surface area contributed by atoms with E-state index in [1.54, 1.807) is 12.3 Å². The standard InChI is InChI=1S/C19H19FINO4/c1-25-18(23)17(19(24)26-21)12-4-2-11(3-5-12)14-8-9-22-16-7-6-13(20)10-15(14)16/h6-12,17H,2-5H2,1H3. The molecule has 2 aromatic rings. The molecule has 0 amide bonds. The summed E-state index contributed by atoms with van der Waals surface area (Å²) in [7, 11) is 1.28. The SMILES string of the molecule is COC(=O)C(C(=O)OI)C1CCC(c2ccnc3ccc(F)cc23)CC1. The zero-order chi connectivity index (χ0) is 18.7. The molecule has 0 spiro atoms. The third-order valence-corrected chi connectivity index (χ3v) is 5.64. The number of benzene rings is 1. The van der Waals surface area contributed by atoms with E-state index in [2.05, 4.69) is 4.98 Å². The Balaban J connectivity index is 1.79. The number of carbonyl (C=O) groups is 2. The lowest BCUT2D eigenvalue weighted by molar-refractivity contribution is -0.157. The molecule has 7 heteroatoms. The number of hydrogen-bond donors (Lipinski definition) is 0. The van der Waals surface area contributed by atoms with Crippen molar-refractivity contribution >= 4 is 45.8 Å². The summed E-state index contributed by atoms with van der Waals surface area (Å²) in [6.07, 6.45) is 4.77. The number of halogens is 2. The Kier molecular flexibility index (Phi) is 6.05. The summed E-state index contributed by atoms with van der Waals surface area (Å²) in [6, 6.07) is 6.55. The molecule has 0 bridgehead atoms. The van der Waals surface area contributed by atoms with E-state index in [0.29, 0.717) is 12.8 Å². The first-order valence-corrected chi connectivity index (χ1v) is 9.37. The van der Waals surface area contributed by atoms with Crippen LogP contribution in [-0.2, 0) is 17.4 Å². The summed E-state index contributed by atoms with van der Waals surface area (Å²) < 4.78 is 23.2. The molecule has 0 N–H and O–H groups in total. The Hall–Kier alpha value is -1.77. The van der Waals surface area contributed by atoms with Gasteiger partial charge >= 0.3 is 11.9 Å². The molecule has 1 aliphatic rings. The largest absolute Gasteiger partial charge is 0.468 e. The van der Waals surface area contributed by atoms with Crippen LogP contribution in [-0.4, -0.2) is 24.0 Å². The van der Waals surface area contributed by atoms with Gasteiger partial charge in [0.2, 0.25) is 0 Å². The number of methoxy groups -OCH3 is 1. The maximum Gasteiger partial charge on any atom is 0.330 e. The van der Waals surface area contributed by atoms with Gasteiger partial charge in [-0.05, 0) is 67.3 Å². The first-order valence-electron chi connectivity index (χ1n) is 8.49. The van der Waals surface area contributed by atoms with Gasteiger partial charge in [0.25, 0.3) is 0 Å². The van der Waals surface area contributed by atoms with Crippen molar-refractivity contribution in [3.05, 3.63) is 41.8 Å². The predicted molar refractivity (Wildman–Crippen MR) is 102 cm³/mol. The average molecular weight is 471 g/mol. The fourth-order valence-corrected chi connectivity index (χ4v) is 4.19. The first-order chi connectivity index (χ1) is 12.5. The highest BCUT2D eigenvalue weighted by Crippen LogP contribution is 2.41. The van der Waals surface area contributed by atoms with Gasteiger partial charge in [-0.15, -0.1) is 0 Å². The smallest absolute Gasteiger partial charge is 0.330 e. The van der Waals surface area contributed by atoms with E-state index in [1.165, 1.54) is 42.2 Å². The lowest BCUT2D eigenvalue weighted by Crippen LogP contribution is -2.34. The van der Waals surface area contributed by atoms with Crippen LogP contribution in [0, 0.1) is 17.7 Å². The molecule has 1 aromatic carbocycles. The number of hydrogen-bond acceptors (Lipinski definition) is 5. The van der Waals surface area contributed by atoms with Crippen LogP contribution in [0.1, 0.15) is 37.2 Å². The maximum atomic E-state index is 13.7. The minimum absolute atomic E-state index is 0.106. The lowest BCUT2D eigenvalue weighted by atomic mass is 9.73. The van der Waals surface area contributed by atoms with Crippen LogP contribution in [0.3, 0.4) is 0 Å². The third kappa shape index (κ3) is 3.82. The molecular weight excluding hydrogens is 452 g/mol. The number of carbonyl (C=O) groups excluding carboxylic acids is 2. The number of esters is 1. The second kappa shape index (κ2) is 8.28. The van der Waals surface area contributed by atoms with Gasteiger partial charge in [0, 0.05) is 11.6 Å². The highest BCUT2D eigenvalue weighted by molar-refractivity contribution is 14.1. The van der Waals surface area contributed by atoms with Gasteiger partial charge in [0.15, 0.2) is 28.9 Å². The van der Waals surface area contributed by atoms with E-state index in [0.717, 1.165) is 29.3 Å². The number of ether oxygens (including phenoxy) is 1. The predicted octanol–water partition coefficient (Wildman–Crippen LogP) is 4.33. The molecule has 1 fully saturated rings. The van der Waals surface area contributed by atoms with Gasteiger partial charge < -0.3 is 7.80 Å². The van der Waals surface area contributed by atoms with Crippen molar-refractivity contribution in [3.8, 4) is 0 Å². The van der Waals surface area contributed by atoms with Crippen LogP contribution < -0.4 is 0 Å². The van der Waals surface area contributed by atoms with Crippen molar-refractivity contribution in [1.29, 1.82) is 0 Å². The fraction of sp³-hybridized carbons (Fsp3) is 0.421. The molecule has 0 saturated heterocycles. The van der Waals surface area contributed by atoms with Crippen LogP contribution in [0.4, 0.5) is 4.39 Å². The monoisotopic (exact) mass is 471 g/mol. The molecule has 26 heavy (non-hydrogen) atoms. The molecule has 1 atom stereocenters. The van der Waals surface area contributed by atoms with E-state index >= 15 is 0 Å². The van der Waals surface area contributed by atoms with E-state index in [9.17, 15) is 14.0 Å². The third-order valence-electron chi connectivity index (χ3n) is 5.21. The highest BCUT2D eigenvalue weighted by atomic mass is 127. The Morgan fingerprint density at radius 3 is 2.58 bits per heavy atom. The topological polar surface area (TPSA) is 65.5 Å². The summed E-state index contributed by atoms with van der Waals surface area (Å²) in [6.45, 7) is 0. The zero-order valence-electron chi connectivity index (χ0n) is 14.3.